The largest absolute Gasteiger partial charge is 0.478 e. The van der Waals surface area contributed by atoms with E-state index in [1.165, 1.54) is 7.11 Å². The lowest BCUT2D eigenvalue weighted by molar-refractivity contribution is -0.199. The number of hydrogen-bond acceptors (Lipinski definition) is 7. The molecule has 11 nitrogen and oxygen atoms in total. The zero-order valence-electron chi connectivity index (χ0n) is 28.1. The Balaban J connectivity index is 1.30. The molecule has 4 aliphatic rings. The van der Waals surface area contributed by atoms with Crippen LogP contribution in [0, 0.1) is 23.2 Å². The number of alkyl carbamates (subject to hydrolysis) is 1. The number of amides is 4. The lowest BCUT2D eigenvalue weighted by atomic mass is 9.43. The maximum atomic E-state index is 13.9. The standard InChI is InChI=1S/C35H47BN4O7/c1-21(2)28(40-33(44)45-6)32(43)38-25(17-22-13-9-7-10-14-22)30(41)39-29(23-15-11-8-12-16-23)31(42)37-20-36-46-27-19-24-18-26(34(24,3)4)35(27,5)47-36/h7-16,21,24-29H,17-20H2,1-6H3,(H,37,42)(H,38,43)(H,39,41)(H,40,44)/t24-,25-,26-,27+,28-,29-,35-/m0/s1. The summed E-state index contributed by atoms with van der Waals surface area (Å²) in [5, 5.41) is 11.2. The average Bonchev–Trinajstić information content (AvgIpc) is 3.41. The molecule has 0 aromatic heterocycles. The SMILES string of the molecule is COC(=O)N[C@H](C(=O)N[C@@H](Cc1ccccc1)C(=O)N[C@H](C(=O)NCB1O[C@@H]2C[C@@H]3C[C@@H](C3(C)C)[C@]2(C)O1)c1ccccc1)C(C)C. The fourth-order valence-electron chi connectivity index (χ4n) is 7.55. The van der Waals surface area contributed by atoms with E-state index in [1.807, 2.05) is 36.4 Å². The van der Waals surface area contributed by atoms with Crippen LogP contribution in [-0.4, -0.2) is 68.3 Å². The summed E-state index contributed by atoms with van der Waals surface area (Å²) in [5.41, 5.74) is 1.18. The number of methoxy groups -OCH3 is 1. The molecule has 6 rings (SSSR count). The number of carbonyl (C=O) groups excluding carboxylic acids is 4. The highest BCUT2D eigenvalue weighted by atomic mass is 16.7. The van der Waals surface area contributed by atoms with E-state index in [2.05, 4.69) is 42.0 Å². The fourth-order valence-corrected chi connectivity index (χ4v) is 7.55. The van der Waals surface area contributed by atoms with Crippen molar-refractivity contribution in [1.29, 1.82) is 0 Å². The van der Waals surface area contributed by atoms with Crippen molar-refractivity contribution in [3.8, 4) is 0 Å². The fraction of sp³-hybridized carbons (Fsp3) is 0.543. The number of nitrogens with one attached hydrogen (secondary N) is 4. The summed E-state index contributed by atoms with van der Waals surface area (Å²) in [5.74, 6) is -0.823. The van der Waals surface area contributed by atoms with Gasteiger partial charge in [0.1, 0.15) is 18.1 Å². The van der Waals surface area contributed by atoms with E-state index in [1.54, 1.807) is 38.1 Å². The van der Waals surface area contributed by atoms with Crippen LogP contribution in [0.5, 0.6) is 0 Å². The van der Waals surface area contributed by atoms with E-state index in [0.29, 0.717) is 17.4 Å². The Morgan fingerprint density at radius 2 is 1.55 bits per heavy atom. The van der Waals surface area contributed by atoms with Gasteiger partial charge >= 0.3 is 13.2 Å². The van der Waals surface area contributed by atoms with Crippen LogP contribution in [0.15, 0.2) is 60.7 Å². The molecule has 2 bridgehead atoms. The minimum absolute atomic E-state index is 0.0171. The van der Waals surface area contributed by atoms with Crippen LogP contribution >= 0.6 is 0 Å². The van der Waals surface area contributed by atoms with E-state index < -0.39 is 54.7 Å². The Labute approximate surface area is 277 Å². The Bertz CT molecular complexity index is 1440. The number of ether oxygens (including phenoxy) is 1. The maximum Gasteiger partial charge on any atom is 0.478 e. The van der Waals surface area contributed by atoms with Crippen LogP contribution < -0.4 is 21.3 Å². The molecule has 4 amide bonds. The van der Waals surface area contributed by atoms with Gasteiger partial charge in [0, 0.05) is 6.42 Å². The summed E-state index contributed by atoms with van der Waals surface area (Å²) >= 11 is 0. The quantitative estimate of drug-likeness (QED) is 0.259. The van der Waals surface area contributed by atoms with Crippen molar-refractivity contribution < 1.29 is 33.2 Å². The zero-order chi connectivity index (χ0) is 33.9. The number of benzene rings is 2. The number of carbonyl (C=O) groups is 4. The van der Waals surface area contributed by atoms with Crippen molar-refractivity contribution >= 4 is 30.9 Å². The highest BCUT2D eigenvalue weighted by Crippen LogP contribution is 2.65. The van der Waals surface area contributed by atoms with Gasteiger partial charge in [0.25, 0.3) is 0 Å². The molecule has 3 aliphatic carbocycles. The molecular weight excluding hydrogens is 599 g/mol. The minimum Gasteiger partial charge on any atom is -0.453 e. The maximum absolute atomic E-state index is 13.9. The van der Waals surface area contributed by atoms with E-state index in [0.717, 1.165) is 18.4 Å². The third-order valence-electron chi connectivity index (χ3n) is 10.4. The van der Waals surface area contributed by atoms with Gasteiger partial charge in [0.2, 0.25) is 17.7 Å². The second-order valence-corrected chi connectivity index (χ2v) is 14.1. The van der Waals surface area contributed by atoms with E-state index in [-0.39, 0.29) is 30.3 Å². The molecule has 2 aromatic carbocycles. The van der Waals surface area contributed by atoms with E-state index >= 15 is 0 Å². The molecule has 0 spiro atoms. The van der Waals surface area contributed by atoms with Crippen LogP contribution in [0.1, 0.15) is 64.6 Å². The molecule has 1 heterocycles. The Morgan fingerprint density at radius 3 is 2.17 bits per heavy atom. The molecule has 3 saturated carbocycles. The molecule has 4 fully saturated rings. The summed E-state index contributed by atoms with van der Waals surface area (Å²) in [6, 6.07) is 15.1. The van der Waals surface area contributed by atoms with Crippen molar-refractivity contribution in [1.82, 2.24) is 21.3 Å². The zero-order valence-corrected chi connectivity index (χ0v) is 28.1. The molecular formula is C35H47BN4O7. The van der Waals surface area contributed by atoms with Crippen molar-refractivity contribution in [2.24, 2.45) is 23.2 Å². The molecule has 0 radical (unpaired) electrons. The molecule has 12 heteroatoms. The molecule has 7 atom stereocenters. The van der Waals surface area contributed by atoms with Gasteiger partial charge in [-0.3, -0.25) is 14.4 Å². The van der Waals surface area contributed by atoms with Gasteiger partial charge in [-0.05, 0) is 54.1 Å². The summed E-state index contributed by atoms with van der Waals surface area (Å²) < 4.78 is 17.5. The molecule has 1 aliphatic heterocycles. The van der Waals surface area contributed by atoms with Crippen LogP contribution in [-0.2, 0) is 34.9 Å². The first-order chi connectivity index (χ1) is 22.3. The Morgan fingerprint density at radius 1 is 0.894 bits per heavy atom. The van der Waals surface area contributed by atoms with Crippen LogP contribution in [0.3, 0.4) is 0 Å². The minimum atomic E-state index is -1.06. The average molecular weight is 647 g/mol. The Kier molecular flexibility index (Phi) is 10.3. The molecule has 0 unspecified atom stereocenters. The van der Waals surface area contributed by atoms with Crippen LogP contribution in [0.2, 0.25) is 0 Å². The first kappa shape index (κ1) is 34.4. The van der Waals surface area contributed by atoms with Crippen molar-refractivity contribution in [2.45, 2.75) is 83.7 Å². The Hall–Kier alpha value is -3.90. The highest BCUT2D eigenvalue weighted by molar-refractivity contribution is 6.46. The predicted molar refractivity (Wildman–Crippen MR) is 177 cm³/mol. The third kappa shape index (κ3) is 7.33. The van der Waals surface area contributed by atoms with Gasteiger partial charge in [0.15, 0.2) is 0 Å². The lowest BCUT2D eigenvalue weighted by Gasteiger charge is -2.64. The van der Waals surface area contributed by atoms with Gasteiger partial charge in [-0.1, -0.05) is 88.4 Å². The first-order valence-electron chi connectivity index (χ1n) is 16.5. The third-order valence-corrected chi connectivity index (χ3v) is 10.4. The topological polar surface area (TPSA) is 144 Å². The monoisotopic (exact) mass is 646 g/mol. The van der Waals surface area contributed by atoms with Gasteiger partial charge in [-0.2, -0.15) is 0 Å². The summed E-state index contributed by atoms with van der Waals surface area (Å²) in [4.78, 5) is 53.1. The predicted octanol–water partition coefficient (Wildman–Crippen LogP) is 3.34. The smallest absolute Gasteiger partial charge is 0.453 e. The number of rotatable bonds is 12. The molecule has 4 N–H and O–H groups in total. The normalized spacial score (nSPS) is 25.8. The van der Waals surface area contributed by atoms with Crippen molar-refractivity contribution in [3.63, 3.8) is 0 Å². The van der Waals surface area contributed by atoms with Gasteiger partial charge in [0.05, 0.1) is 25.3 Å². The molecule has 2 aromatic rings. The van der Waals surface area contributed by atoms with E-state index in [4.69, 9.17) is 14.0 Å². The lowest BCUT2D eigenvalue weighted by Crippen LogP contribution is -2.65. The van der Waals surface area contributed by atoms with Crippen molar-refractivity contribution in [3.05, 3.63) is 71.8 Å². The second-order valence-electron chi connectivity index (χ2n) is 14.1. The first-order valence-corrected chi connectivity index (χ1v) is 16.5. The van der Waals surface area contributed by atoms with Crippen LogP contribution in [0.4, 0.5) is 4.79 Å². The van der Waals surface area contributed by atoms with E-state index in [9.17, 15) is 19.2 Å². The van der Waals surface area contributed by atoms with Crippen molar-refractivity contribution in [2.75, 3.05) is 13.6 Å². The highest BCUT2D eigenvalue weighted by Gasteiger charge is 2.67. The summed E-state index contributed by atoms with van der Waals surface area (Å²) in [6.07, 6.45) is 1.58. The van der Waals surface area contributed by atoms with Gasteiger partial charge < -0.3 is 35.3 Å². The number of hydrogen-bond donors (Lipinski definition) is 4. The summed E-state index contributed by atoms with van der Waals surface area (Å²) in [7, 11) is 0.614. The molecule has 1 saturated heterocycles. The molecule has 252 valence electrons. The summed E-state index contributed by atoms with van der Waals surface area (Å²) in [6.45, 7) is 10.3. The van der Waals surface area contributed by atoms with Gasteiger partial charge in [-0.25, -0.2) is 4.79 Å². The van der Waals surface area contributed by atoms with Crippen LogP contribution in [0.25, 0.3) is 0 Å². The van der Waals surface area contributed by atoms with Gasteiger partial charge in [-0.15, -0.1) is 0 Å². The second kappa shape index (κ2) is 14.1. The molecule has 47 heavy (non-hydrogen) atoms.